The van der Waals surface area contributed by atoms with E-state index in [1.165, 1.54) is 6.07 Å². The molecule has 0 atom stereocenters. The average molecular weight is 449 g/mol. The normalized spacial score (nSPS) is 11.1. The molecule has 2 aromatic rings. The molecule has 2 heterocycles. The van der Waals surface area contributed by atoms with E-state index in [1.54, 1.807) is 6.07 Å². The van der Waals surface area contributed by atoms with Gasteiger partial charge in [0, 0.05) is 38.4 Å². The first kappa shape index (κ1) is 24.7. The van der Waals surface area contributed by atoms with E-state index in [2.05, 4.69) is 25.3 Å². The number of hydrogen-bond acceptors (Lipinski definition) is 10. The Morgan fingerprint density at radius 1 is 0.966 bits per heavy atom. The highest BCUT2D eigenvalue weighted by Gasteiger charge is 2.00. The van der Waals surface area contributed by atoms with Crippen LogP contribution >= 0.6 is 23.2 Å². The molecule has 0 fully saturated rings. The number of nitrogens with two attached hydrogens (primary N) is 2. The van der Waals surface area contributed by atoms with Gasteiger partial charge in [0.05, 0.1) is 0 Å². The number of halogens is 2. The second-order valence-electron chi connectivity index (χ2n) is 5.71. The molecule has 162 valence electrons. The lowest BCUT2D eigenvalue weighted by Crippen LogP contribution is -2.23. The van der Waals surface area contributed by atoms with Gasteiger partial charge in [0.2, 0.25) is 11.9 Å². The Labute approximate surface area is 178 Å². The monoisotopic (exact) mass is 448 g/mol. The van der Waals surface area contributed by atoms with Gasteiger partial charge in [0.1, 0.15) is 16.1 Å². The summed E-state index contributed by atoms with van der Waals surface area (Å²) in [7, 11) is 0. The van der Waals surface area contributed by atoms with Crippen molar-refractivity contribution in [2.24, 2.45) is 4.99 Å². The molecular formula is C16H26Cl2N8O3. The summed E-state index contributed by atoms with van der Waals surface area (Å²) >= 11 is 11.3. The number of nitrogens with zero attached hydrogens (tertiary/aromatic N) is 5. The lowest BCUT2D eigenvalue weighted by atomic mass is 10.3. The van der Waals surface area contributed by atoms with Crippen LogP contribution in [0, 0.1) is 0 Å². The summed E-state index contributed by atoms with van der Waals surface area (Å²) in [5.74, 6) is 0.658. The van der Waals surface area contributed by atoms with Crippen LogP contribution in [0.1, 0.15) is 25.7 Å². The fraction of sp³-hybridized carbons (Fsp3) is 0.500. The first-order valence-corrected chi connectivity index (χ1v) is 9.63. The van der Waals surface area contributed by atoms with Crippen molar-refractivity contribution in [3.05, 3.63) is 27.9 Å². The third-order valence-electron chi connectivity index (χ3n) is 3.35. The lowest BCUT2D eigenvalue weighted by molar-refractivity contribution is 0.175. The van der Waals surface area contributed by atoms with E-state index in [4.69, 9.17) is 44.9 Å². The maximum absolute atomic E-state index is 9.41. The Morgan fingerprint density at radius 2 is 1.62 bits per heavy atom. The molecule has 0 amide bonds. The van der Waals surface area contributed by atoms with E-state index in [1.807, 2.05) is 0 Å². The Bertz CT molecular complexity index is 799. The van der Waals surface area contributed by atoms with Gasteiger partial charge in [-0.25, -0.2) is 9.97 Å². The van der Waals surface area contributed by atoms with Gasteiger partial charge in [0.15, 0.2) is 5.49 Å². The van der Waals surface area contributed by atoms with Crippen LogP contribution in [0.15, 0.2) is 17.1 Å². The van der Waals surface area contributed by atoms with Crippen LogP contribution in [0.3, 0.4) is 0 Å². The average Bonchev–Trinajstić information content (AvgIpc) is 2.66. The van der Waals surface area contributed by atoms with Gasteiger partial charge >= 0.3 is 0 Å². The highest BCUT2D eigenvalue weighted by atomic mass is 35.5. The number of unbranched alkanes of at least 4 members (excludes halogenated alkanes) is 2. The van der Waals surface area contributed by atoms with Crippen LogP contribution in [0.2, 0.25) is 10.3 Å². The molecule has 0 aromatic carbocycles. The van der Waals surface area contributed by atoms with Crippen LogP contribution in [-0.2, 0) is 0 Å². The van der Waals surface area contributed by atoms with Crippen molar-refractivity contribution in [1.29, 1.82) is 0 Å². The van der Waals surface area contributed by atoms with Crippen LogP contribution in [0.5, 0.6) is 0 Å². The molecule has 29 heavy (non-hydrogen) atoms. The van der Waals surface area contributed by atoms with Gasteiger partial charge in [-0.05, 0) is 25.7 Å². The van der Waals surface area contributed by atoms with Crippen molar-refractivity contribution in [3.63, 3.8) is 0 Å². The second-order valence-corrected chi connectivity index (χ2v) is 6.49. The van der Waals surface area contributed by atoms with Gasteiger partial charge in [0.25, 0.3) is 0 Å². The molecule has 0 saturated carbocycles. The molecule has 13 heteroatoms. The zero-order valence-corrected chi connectivity index (χ0v) is 17.3. The molecule has 2 aromatic heterocycles. The molecule has 0 aliphatic carbocycles. The van der Waals surface area contributed by atoms with Crippen molar-refractivity contribution in [2.75, 3.05) is 43.1 Å². The number of rotatable bonds is 9. The highest BCUT2D eigenvalue weighted by Crippen LogP contribution is 2.12. The number of aromatic nitrogens is 4. The number of aliphatic hydroxyl groups excluding tert-OH is 2. The molecule has 0 radical (unpaired) electrons. The van der Waals surface area contributed by atoms with Gasteiger partial charge < -0.3 is 32.2 Å². The Balaban J connectivity index is 0.000000291. The minimum atomic E-state index is -0.108. The molecule has 11 nitrogen and oxygen atoms in total. The number of hydrogen-bond donors (Lipinski definition) is 6. The molecule has 0 saturated heterocycles. The lowest BCUT2D eigenvalue weighted by Gasteiger charge is -2.05. The fourth-order valence-electron chi connectivity index (χ4n) is 1.98. The van der Waals surface area contributed by atoms with E-state index >= 15 is 0 Å². The SMILES string of the molecule is Nc1nc(Cl)cc(=NCCCCO)n1O.Nc1nc(Cl)cc(NCCCCO)n1. The molecule has 0 bridgehead atoms. The van der Waals surface area contributed by atoms with E-state index in [-0.39, 0.29) is 35.8 Å². The molecule has 0 aliphatic rings. The molecule has 0 aliphatic heterocycles. The Kier molecular flexibility index (Phi) is 11.7. The van der Waals surface area contributed by atoms with Gasteiger partial charge in [-0.3, -0.25) is 4.99 Å². The van der Waals surface area contributed by atoms with Crippen molar-refractivity contribution in [3.8, 4) is 0 Å². The summed E-state index contributed by atoms with van der Waals surface area (Å²) in [6.45, 7) is 1.55. The smallest absolute Gasteiger partial charge is 0.237 e. The van der Waals surface area contributed by atoms with Crippen LogP contribution in [0.25, 0.3) is 0 Å². The summed E-state index contributed by atoms with van der Waals surface area (Å²) in [5, 5.41) is 30.1. The largest absolute Gasteiger partial charge is 0.423 e. The van der Waals surface area contributed by atoms with Gasteiger partial charge in [-0.1, -0.05) is 23.2 Å². The van der Waals surface area contributed by atoms with Crippen LogP contribution < -0.4 is 22.3 Å². The fourth-order valence-corrected chi connectivity index (χ4v) is 2.36. The Hall–Kier alpha value is -2.34. The van der Waals surface area contributed by atoms with Crippen molar-refractivity contribution >= 4 is 40.9 Å². The number of anilines is 3. The standard InChI is InChI=1S/C8H13ClN4O2.C8H13ClN4O/c9-6-5-7(11-3-1-2-4-14)13(15)8(10)12-6;9-6-5-7(13-8(10)12-6)11-3-1-2-4-14/h5,14-15H,1-4H2,(H2,10,12);5,14H,1-4H2,(H3,10,11,12,13). The number of aliphatic hydroxyl groups is 2. The van der Waals surface area contributed by atoms with Crippen LogP contribution in [0.4, 0.5) is 17.7 Å². The number of nitrogen functional groups attached to an aromatic ring is 2. The maximum Gasteiger partial charge on any atom is 0.237 e. The minimum Gasteiger partial charge on any atom is -0.423 e. The van der Waals surface area contributed by atoms with Crippen molar-refractivity contribution < 1.29 is 15.4 Å². The zero-order chi connectivity index (χ0) is 21.6. The van der Waals surface area contributed by atoms with Crippen LogP contribution in [-0.4, -0.2) is 61.4 Å². The predicted octanol–water partition coefficient (Wildman–Crippen LogP) is 0.926. The summed E-state index contributed by atoms with van der Waals surface area (Å²) in [4.78, 5) is 15.4. The molecular weight excluding hydrogens is 423 g/mol. The summed E-state index contributed by atoms with van der Waals surface area (Å²) < 4.78 is 0.671. The molecule has 8 N–H and O–H groups in total. The zero-order valence-electron chi connectivity index (χ0n) is 15.8. The summed E-state index contributed by atoms with van der Waals surface area (Å²) in [5.41, 5.74) is 11.0. The quantitative estimate of drug-likeness (QED) is 0.184. The van der Waals surface area contributed by atoms with Crippen molar-refractivity contribution in [1.82, 2.24) is 19.7 Å². The summed E-state index contributed by atoms with van der Waals surface area (Å²) in [6, 6.07) is 3.02. The topological polar surface area (TPSA) is 181 Å². The maximum atomic E-state index is 9.41. The predicted molar refractivity (Wildman–Crippen MR) is 112 cm³/mol. The third-order valence-corrected chi connectivity index (χ3v) is 3.73. The third kappa shape index (κ3) is 10.1. The molecule has 0 spiro atoms. The number of nitrogens with one attached hydrogen (secondary N) is 1. The van der Waals surface area contributed by atoms with E-state index in [0.717, 1.165) is 25.8 Å². The minimum absolute atomic E-state index is 0.108. The van der Waals surface area contributed by atoms with Crippen molar-refractivity contribution in [2.45, 2.75) is 25.7 Å². The first-order valence-electron chi connectivity index (χ1n) is 8.87. The molecule has 0 unspecified atom stereocenters. The second kappa shape index (κ2) is 13.8. The molecule has 2 rings (SSSR count). The highest BCUT2D eigenvalue weighted by molar-refractivity contribution is 6.29. The van der Waals surface area contributed by atoms with E-state index in [9.17, 15) is 5.21 Å². The van der Waals surface area contributed by atoms with Gasteiger partial charge in [-0.15, -0.1) is 4.73 Å². The Morgan fingerprint density at radius 3 is 2.28 bits per heavy atom. The van der Waals surface area contributed by atoms with E-state index < -0.39 is 0 Å². The van der Waals surface area contributed by atoms with E-state index in [0.29, 0.717) is 28.7 Å². The summed E-state index contributed by atoms with van der Waals surface area (Å²) in [6.07, 6.45) is 3.04. The van der Waals surface area contributed by atoms with Gasteiger partial charge in [-0.2, -0.15) is 4.98 Å². The first-order chi connectivity index (χ1) is 13.9.